The highest BCUT2D eigenvalue weighted by Gasteiger charge is 2.33. The molecule has 1 aliphatic rings. The Kier molecular flexibility index (Phi) is 2.64. The molecular weight excluding hydrogens is 156 g/mol. The SMILES string of the molecule is C=C1CCCC(C)(C)C1CCl. The largest absolute Gasteiger partial charge is 0.126 e. The summed E-state index contributed by atoms with van der Waals surface area (Å²) in [5.74, 6) is 1.28. The maximum Gasteiger partial charge on any atom is 0.0294 e. The van der Waals surface area contributed by atoms with E-state index in [-0.39, 0.29) is 0 Å². The van der Waals surface area contributed by atoms with Gasteiger partial charge in [-0.2, -0.15) is 0 Å². The summed E-state index contributed by atoms with van der Waals surface area (Å²) in [6.07, 6.45) is 3.77. The topological polar surface area (TPSA) is 0 Å². The maximum atomic E-state index is 5.90. The number of allylic oxidation sites excluding steroid dienone is 1. The summed E-state index contributed by atoms with van der Waals surface area (Å²) in [7, 11) is 0. The third-order valence-corrected chi connectivity index (χ3v) is 3.22. The molecule has 0 aromatic rings. The van der Waals surface area contributed by atoms with Crippen molar-refractivity contribution in [1.82, 2.24) is 0 Å². The molecule has 1 heteroatoms. The molecule has 0 N–H and O–H groups in total. The van der Waals surface area contributed by atoms with Crippen LogP contribution in [0.4, 0.5) is 0 Å². The number of hydrogen-bond acceptors (Lipinski definition) is 0. The van der Waals surface area contributed by atoms with E-state index in [0.717, 1.165) is 5.88 Å². The average molecular weight is 173 g/mol. The lowest BCUT2D eigenvalue weighted by molar-refractivity contribution is 0.208. The summed E-state index contributed by atoms with van der Waals surface area (Å²) in [5, 5.41) is 0. The van der Waals surface area contributed by atoms with Gasteiger partial charge < -0.3 is 0 Å². The van der Waals surface area contributed by atoms with Crippen molar-refractivity contribution < 1.29 is 0 Å². The van der Waals surface area contributed by atoms with E-state index in [2.05, 4.69) is 20.4 Å². The Labute approximate surface area is 74.6 Å². The predicted molar refractivity (Wildman–Crippen MR) is 51.0 cm³/mol. The molecule has 0 spiro atoms. The van der Waals surface area contributed by atoms with Crippen molar-refractivity contribution in [3.8, 4) is 0 Å². The Morgan fingerprint density at radius 2 is 2.27 bits per heavy atom. The smallest absolute Gasteiger partial charge is 0.0294 e. The zero-order valence-corrected chi connectivity index (χ0v) is 8.25. The third kappa shape index (κ3) is 1.79. The van der Waals surface area contributed by atoms with Crippen LogP contribution in [0.2, 0.25) is 0 Å². The second-order valence-corrected chi connectivity index (χ2v) is 4.52. The van der Waals surface area contributed by atoms with Gasteiger partial charge in [0.15, 0.2) is 0 Å². The van der Waals surface area contributed by atoms with Crippen LogP contribution < -0.4 is 0 Å². The van der Waals surface area contributed by atoms with Gasteiger partial charge in [-0.25, -0.2) is 0 Å². The van der Waals surface area contributed by atoms with E-state index in [1.54, 1.807) is 0 Å². The van der Waals surface area contributed by atoms with Crippen LogP contribution in [0.1, 0.15) is 33.1 Å². The van der Waals surface area contributed by atoms with E-state index in [4.69, 9.17) is 11.6 Å². The summed E-state index contributed by atoms with van der Waals surface area (Å²) in [6, 6.07) is 0. The fraction of sp³-hybridized carbons (Fsp3) is 0.800. The molecule has 1 aliphatic carbocycles. The molecule has 1 atom stereocenters. The molecule has 1 fully saturated rings. The van der Waals surface area contributed by atoms with Crippen molar-refractivity contribution in [3.05, 3.63) is 12.2 Å². The first-order chi connectivity index (χ1) is 5.08. The molecule has 0 radical (unpaired) electrons. The van der Waals surface area contributed by atoms with E-state index >= 15 is 0 Å². The van der Waals surface area contributed by atoms with Gasteiger partial charge in [0.05, 0.1) is 0 Å². The van der Waals surface area contributed by atoms with E-state index in [9.17, 15) is 0 Å². The van der Waals surface area contributed by atoms with Gasteiger partial charge in [-0.1, -0.05) is 26.0 Å². The van der Waals surface area contributed by atoms with Gasteiger partial charge in [0.25, 0.3) is 0 Å². The van der Waals surface area contributed by atoms with E-state index in [1.807, 2.05) is 0 Å². The highest BCUT2D eigenvalue weighted by atomic mass is 35.5. The van der Waals surface area contributed by atoms with Gasteiger partial charge in [0.2, 0.25) is 0 Å². The summed E-state index contributed by atoms with van der Waals surface area (Å²) < 4.78 is 0. The minimum atomic E-state index is 0.386. The van der Waals surface area contributed by atoms with E-state index < -0.39 is 0 Å². The Hall–Kier alpha value is 0.0300. The van der Waals surface area contributed by atoms with Crippen LogP contribution in [0, 0.1) is 11.3 Å². The summed E-state index contributed by atoms with van der Waals surface area (Å²) in [4.78, 5) is 0. The van der Waals surface area contributed by atoms with Gasteiger partial charge in [0, 0.05) is 5.88 Å². The molecule has 0 aromatic heterocycles. The monoisotopic (exact) mass is 172 g/mol. The number of rotatable bonds is 1. The minimum absolute atomic E-state index is 0.386. The predicted octanol–water partition coefficient (Wildman–Crippen LogP) is 3.61. The van der Waals surface area contributed by atoms with Crippen LogP contribution in [0.3, 0.4) is 0 Å². The first-order valence-electron chi connectivity index (χ1n) is 4.31. The Balaban J connectivity index is 2.72. The molecule has 11 heavy (non-hydrogen) atoms. The second kappa shape index (κ2) is 3.18. The summed E-state index contributed by atoms with van der Waals surface area (Å²) in [5.41, 5.74) is 1.74. The Morgan fingerprint density at radius 3 is 2.64 bits per heavy atom. The van der Waals surface area contributed by atoms with Gasteiger partial charge in [-0.3, -0.25) is 0 Å². The summed E-state index contributed by atoms with van der Waals surface area (Å²) >= 11 is 5.90. The molecule has 1 unspecified atom stereocenters. The fourth-order valence-corrected chi connectivity index (χ4v) is 2.63. The van der Waals surface area contributed by atoms with Crippen molar-refractivity contribution in [1.29, 1.82) is 0 Å². The van der Waals surface area contributed by atoms with Crippen molar-refractivity contribution in [2.24, 2.45) is 11.3 Å². The first kappa shape index (κ1) is 9.12. The van der Waals surface area contributed by atoms with Crippen molar-refractivity contribution in [3.63, 3.8) is 0 Å². The van der Waals surface area contributed by atoms with Gasteiger partial charge >= 0.3 is 0 Å². The Morgan fingerprint density at radius 1 is 1.64 bits per heavy atom. The molecule has 1 rings (SSSR count). The lowest BCUT2D eigenvalue weighted by atomic mass is 9.68. The summed E-state index contributed by atoms with van der Waals surface area (Å²) in [6.45, 7) is 8.67. The van der Waals surface area contributed by atoms with Gasteiger partial charge in [-0.05, 0) is 30.6 Å². The molecule has 0 aromatic carbocycles. The van der Waals surface area contributed by atoms with E-state index in [1.165, 1.54) is 24.8 Å². The molecule has 0 heterocycles. The highest BCUT2D eigenvalue weighted by Crippen LogP contribution is 2.43. The van der Waals surface area contributed by atoms with Crippen LogP contribution in [-0.2, 0) is 0 Å². The quantitative estimate of drug-likeness (QED) is 0.419. The molecule has 0 aliphatic heterocycles. The van der Waals surface area contributed by atoms with Crippen molar-refractivity contribution >= 4 is 11.6 Å². The molecule has 0 amide bonds. The van der Waals surface area contributed by atoms with Crippen LogP contribution in [0.5, 0.6) is 0 Å². The van der Waals surface area contributed by atoms with Crippen LogP contribution >= 0.6 is 11.6 Å². The van der Waals surface area contributed by atoms with Gasteiger partial charge in [0.1, 0.15) is 0 Å². The van der Waals surface area contributed by atoms with E-state index in [0.29, 0.717) is 11.3 Å². The minimum Gasteiger partial charge on any atom is -0.126 e. The molecule has 1 saturated carbocycles. The third-order valence-electron chi connectivity index (χ3n) is 2.91. The van der Waals surface area contributed by atoms with Crippen LogP contribution in [0.25, 0.3) is 0 Å². The molecule has 64 valence electrons. The number of alkyl halides is 1. The lowest BCUT2D eigenvalue weighted by Gasteiger charge is -2.39. The standard InChI is InChI=1S/C10H17Cl/c1-8-5-4-6-10(2,3)9(8)7-11/h9H,1,4-7H2,2-3H3. The van der Waals surface area contributed by atoms with Crippen molar-refractivity contribution in [2.75, 3.05) is 5.88 Å². The second-order valence-electron chi connectivity index (χ2n) is 4.21. The van der Waals surface area contributed by atoms with Crippen LogP contribution in [-0.4, -0.2) is 5.88 Å². The zero-order valence-electron chi connectivity index (χ0n) is 7.49. The van der Waals surface area contributed by atoms with Crippen molar-refractivity contribution in [2.45, 2.75) is 33.1 Å². The van der Waals surface area contributed by atoms with Gasteiger partial charge in [-0.15, -0.1) is 11.6 Å². The average Bonchev–Trinajstić information content (AvgIpc) is 1.86. The number of hydrogen-bond donors (Lipinski definition) is 0. The fourth-order valence-electron chi connectivity index (χ4n) is 1.99. The number of halogens is 1. The van der Waals surface area contributed by atoms with Crippen LogP contribution in [0.15, 0.2) is 12.2 Å². The molecular formula is C10H17Cl. The molecule has 0 saturated heterocycles. The zero-order chi connectivity index (χ0) is 8.48. The first-order valence-corrected chi connectivity index (χ1v) is 4.85. The maximum absolute atomic E-state index is 5.90. The highest BCUT2D eigenvalue weighted by molar-refractivity contribution is 6.18. The lowest BCUT2D eigenvalue weighted by Crippen LogP contribution is -2.30. The molecule has 0 nitrogen and oxygen atoms in total. The normalized spacial score (nSPS) is 30.5. The Bertz CT molecular complexity index is 158. The molecule has 0 bridgehead atoms.